The Morgan fingerprint density at radius 3 is 2.95 bits per heavy atom. The Hall–Kier alpha value is -1.92. The zero-order valence-electron chi connectivity index (χ0n) is 11.4. The third kappa shape index (κ3) is 5.50. The molecular weight excluding hydrogens is 238 g/mol. The number of rotatable bonds is 9. The van der Waals surface area contributed by atoms with Crippen LogP contribution in [0.1, 0.15) is 12.5 Å². The maximum atomic E-state index is 5.73. The fourth-order valence-electron chi connectivity index (χ4n) is 1.66. The maximum Gasteiger partial charge on any atom is 0.123 e. The summed E-state index contributed by atoms with van der Waals surface area (Å²) in [5.74, 6) is 4.25. The summed E-state index contributed by atoms with van der Waals surface area (Å²) in [6, 6.07) is 5.85. The first-order valence-corrected chi connectivity index (χ1v) is 6.45. The van der Waals surface area contributed by atoms with Gasteiger partial charge in [-0.1, -0.05) is 12.0 Å². The molecule has 0 unspecified atom stereocenters. The van der Waals surface area contributed by atoms with Crippen molar-refractivity contribution in [3.05, 3.63) is 36.4 Å². The van der Waals surface area contributed by atoms with Crippen LogP contribution in [0.15, 0.2) is 30.9 Å². The third-order valence-electron chi connectivity index (χ3n) is 2.47. The summed E-state index contributed by atoms with van der Waals surface area (Å²) in [4.78, 5) is 0. The Labute approximate surface area is 115 Å². The van der Waals surface area contributed by atoms with E-state index in [1.807, 2.05) is 31.2 Å². The van der Waals surface area contributed by atoms with Crippen molar-refractivity contribution in [1.29, 1.82) is 0 Å². The molecule has 1 N–H and O–H groups in total. The number of allylic oxidation sites excluding steroid dienone is 1. The minimum absolute atomic E-state index is 0.562. The molecule has 1 aromatic rings. The minimum atomic E-state index is 0.562. The second-order valence-electron chi connectivity index (χ2n) is 3.92. The first-order valence-electron chi connectivity index (χ1n) is 6.45. The molecule has 3 heteroatoms. The second kappa shape index (κ2) is 9.07. The van der Waals surface area contributed by atoms with E-state index in [9.17, 15) is 0 Å². The number of nitrogens with one attached hydrogen (secondary N) is 1. The first-order chi connectivity index (χ1) is 9.31. The lowest BCUT2D eigenvalue weighted by molar-refractivity contribution is 0.311. The lowest BCUT2D eigenvalue weighted by atomic mass is 10.1. The van der Waals surface area contributed by atoms with Gasteiger partial charge in [-0.2, -0.15) is 0 Å². The van der Waals surface area contributed by atoms with Crippen LogP contribution in [0, 0.1) is 12.3 Å². The summed E-state index contributed by atoms with van der Waals surface area (Å²) in [5, 5.41) is 3.08. The van der Waals surface area contributed by atoms with E-state index in [2.05, 4.69) is 17.8 Å². The number of ether oxygens (including phenoxy) is 2. The molecule has 0 saturated heterocycles. The zero-order valence-corrected chi connectivity index (χ0v) is 11.4. The van der Waals surface area contributed by atoms with Crippen molar-refractivity contribution in [3.8, 4) is 23.8 Å². The fraction of sp³-hybridized carbons (Fsp3) is 0.375. The standard InChI is InChI=1S/C16H21NO2/c1-4-7-14-13-15(18-6-3)8-9-16(14)19-12-11-17-10-5-2/h2,4,8-9,13,17H,1,6-7,10-12H2,3H3. The van der Waals surface area contributed by atoms with Crippen molar-refractivity contribution >= 4 is 0 Å². The predicted octanol–water partition coefficient (Wildman–Crippen LogP) is 2.42. The van der Waals surface area contributed by atoms with Crippen LogP contribution in [0.5, 0.6) is 11.5 Å². The van der Waals surface area contributed by atoms with E-state index in [0.29, 0.717) is 19.8 Å². The first kappa shape index (κ1) is 15.1. The molecule has 1 aromatic carbocycles. The summed E-state index contributed by atoms with van der Waals surface area (Å²) in [5.41, 5.74) is 1.08. The van der Waals surface area contributed by atoms with E-state index >= 15 is 0 Å². The highest BCUT2D eigenvalue weighted by Gasteiger charge is 2.04. The smallest absolute Gasteiger partial charge is 0.123 e. The monoisotopic (exact) mass is 259 g/mol. The maximum absolute atomic E-state index is 5.73. The van der Waals surface area contributed by atoms with Gasteiger partial charge in [-0.05, 0) is 31.5 Å². The molecule has 0 aliphatic rings. The van der Waals surface area contributed by atoms with Gasteiger partial charge in [-0.15, -0.1) is 13.0 Å². The molecule has 102 valence electrons. The molecule has 0 amide bonds. The Morgan fingerprint density at radius 2 is 2.26 bits per heavy atom. The van der Waals surface area contributed by atoms with Gasteiger partial charge in [0, 0.05) is 12.1 Å². The van der Waals surface area contributed by atoms with Crippen molar-refractivity contribution in [2.24, 2.45) is 0 Å². The summed E-state index contributed by atoms with van der Waals surface area (Å²) in [7, 11) is 0. The Kier molecular flexibility index (Phi) is 7.23. The van der Waals surface area contributed by atoms with Gasteiger partial charge in [0.1, 0.15) is 18.1 Å². The second-order valence-corrected chi connectivity index (χ2v) is 3.92. The molecule has 0 bridgehead atoms. The van der Waals surface area contributed by atoms with E-state index in [-0.39, 0.29) is 0 Å². The summed E-state index contributed by atoms with van der Waals surface area (Å²) in [6.07, 6.45) is 7.77. The predicted molar refractivity (Wildman–Crippen MR) is 78.7 cm³/mol. The van der Waals surface area contributed by atoms with E-state index in [1.165, 1.54) is 0 Å². The molecule has 19 heavy (non-hydrogen) atoms. The van der Waals surface area contributed by atoms with Gasteiger partial charge >= 0.3 is 0 Å². The van der Waals surface area contributed by atoms with Crippen LogP contribution in [-0.4, -0.2) is 26.3 Å². The van der Waals surface area contributed by atoms with Crippen molar-refractivity contribution in [2.75, 3.05) is 26.3 Å². The molecule has 0 radical (unpaired) electrons. The zero-order chi connectivity index (χ0) is 13.9. The van der Waals surface area contributed by atoms with Crippen molar-refractivity contribution in [3.63, 3.8) is 0 Å². The van der Waals surface area contributed by atoms with E-state index in [4.69, 9.17) is 15.9 Å². The molecule has 0 heterocycles. The van der Waals surface area contributed by atoms with Gasteiger partial charge in [-0.25, -0.2) is 0 Å². The average Bonchev–Trinajstić information content (AvgIpc) is 2.41. The normalized spacial score (nSPS) is 9.68. The quantitative estimate of drug-likeness (QED) is 0.420. The van der Waals surface area contributed by atoms with Crippen LogP contribution in [-0.2, 0) is 6.42 Å². The Bertz CT molecular complexity index is 435. The molecule has 0 aliphatic heterocycles. The highest BCUT2D eigenvalue weighted by atomic mass is 16.5. The average molecular weight is 259 g/mol. The Morgan fingerprint density at radius 1 is 1.42 bits per heavy atom. The van der Waals surface area contributed by atoms with Gasteiger partial charge < -0.3 is 14.8 Å². The topological polar surface area (TPSA) is 30.5 Å². The molecular formula is C16H21NO2. The van der Waals surface area contributed by atoms with Gasteiger partial charge in [-0.3, -0.25) is 0 Å². The molecule has 0 fully saturated rings. The molecule has 0 saturated carbocycles. The lowest BCUT2D eigenvalue weighted by Crippen LogP contribution is -2.21. The largest absolute Gasteiger partial charge is 0.494 e. The number of hydrogen-bond donors (Lipinski definition) is 1. The van der Waals surface area contributed by atoms with E-state index in [1.54, 1.807) is 0 Å². The SMILES string of the molecule is C#CCNCCOc1ccc(OCC)cc1CC=C. The van der Waals surface area contributed by atoms with E-state index < -0.39 is 0 Å². The molecule has 0 aromatic heterocycles. The van der Waals surface area contributed by atoms with Gasteiger partial charge in [0.05, 0.1) is 13.2 Å². The fourth-order valence-corrected chi connectivity index (χ4v) is 1.66. The Balaban J connectivity index is 2.60. The highest BCUT2D eigenvalue weighted by molar-refractivity contribution is 5.41. The van der Waals surface area contributed by atoms with Crippen molar-refractivity contribution in [2.45, 2.75) is 13.3 Å². The number of benzene rings is 1. The van der Waals surface area contributed by atoms with Gasteiger partial charge in [0.25, 0.3) is 0 Å². The van der Waals surface area contributed by atoms with Crippen LogP contribution in [0.3, 0.4) is 0 Å². The lowest BCUT2D eigenvalue weighted by Gasteiger charge is -2.12. The summed E-state index contributed by atoms with van der Waals surface area (Å²) in [6.45, 7) is 8.26. The van der Waals surface area contributed by atoms with E-state index in [0.717, 1.165) is 30.0 Å². The summed E-state index contributed by atoms with van der Waals surface area (Å²) < 4.78 is 11.2. The number of terminal acetylenes is 1. The van der Waals surface area contributed by atoms with Crippen LogP contribution >= 0.6 is 0 Å². The van der Waals surface area contributed by atoms with Gasteiger partial charge in [0.2, 0.25) is 0 Å². The van der Waals surface area contributed by atoms with Crippen LogP contribution in [0.25, 0.3) is 0 Å². The molecule has 3 nitrogen and oxygen atoms in total. The van der Waals surface area contributed by atoms with Crippen LogP contribution in [0.2, 0.25) is 0 Å². The molecule has 1 rings (SSSR count). The highest BCUT2D eigenvalue weighted by Crippen LogP contribution is 2.25. The third-order valence-corrected chi connectivity index (χ3v) is 2.47. The van der Waals surface area contributed by atoms with Crippen LogP contribution < -0.4 is 14.8 Å². The van der Waals surface area contributed by atoms with Crippen molar-refractivity contribution in [1.82, 2.24) is 5.32 Å². The molecule has 0 spiro atoms. The summed E-state index contributed by atoms with van der Waals surface area (Å²) >= 11 is 0. The minimum Gasteiger partial charge on any atom is -0.494 e. The van der Waals surface area contributed by atoms with Gasteiger partial charge in [0.15, 0.2) is 0 Å². The van der Waals surface area contributed by atoms with Crippen molar-refractivity contribution < 1.29 is 9.47 Å². The van der Waals surface area contributed by atoms with Crippen LogP contribution in [0.4, 0.5) is 0 Å². The molecule has 0 atom stereocenters. The number of hydrogen-bond acceptors (Lipinski definition) is 3. The molecule has 0 aliphatic carbocycles.